The van der Waals surface area contributed by atoms with Gasteiger partial charge in [-0.2, -0.15) is 5.10 Å². The Kier molecular flexibility index (Phi) is 6.86. The molecule has 0 saturated carbocycles. The van der Waals surface area contributed by atoms with E-state index in [-0.39, 0.29) is 24.7 Å². The van der Waals surface area contributed by atoms with Crippen LogP contribution in [-0.4, -0.2) is 30.8 Å². The lowest BCUT2D eigenvalue weighted by Gasteiger charge is -2.10. The monoisotopic (exact) mass is 413 g/mol. The second-order valence-electron chi connectivity index (χ2n) is 6.03. The number of amides is 1. The third kappa shape index (κ3) is 5.36. The van der Waals surface area contributed by atoms with Gasteiger partial charge in [-0.05, 0) is 37.3 Å². The van der Waals surface area contributed by atoms with E-state index >= 15 is 0 Å². The SMILES string of the molecule is CCOC(=O)C(=NNc1cccc(Cl)c1)C1=C(C(=O)Nc2ccccc2)OCC1. The Bertz CT molecular complexity index is 957. The van der Waals surface area contributed by atoms with E-state index in [0.717, 1.165) is 0 Å². The number of anilines is 2. The highest BCUT2D eigenvalue weighted by molar-refractivity contribution is 6.44. The van der Waals surface area contributed by atoms with Crippen LogP contribution in [0.3, 0.4) is 0 Å². The molecular weight excluding hydrogens is 394 g/mol. The van der Waals surface area contributed by atoms with E-state index in [9.17, 15) is 9.59 Å². The second kappa shape index (κ2) is 9.75. The summed E-state index contributed by atoms with van der Waals surface area (Å²) in [5, 5.41) is 7.47. The fourth-order valence-electron chi connectivity index (χ4n) is 2.71. The third-order valence-electron chi connectivity index (χ3n) is 3.99. The van der Waals surface area contributed by atoms with Crippen molar-refractivity contribution >= 4 is 40.6 Å². The number of ether oxygens (including phenoxy) is 2. The largest absolute Gasteiger partial charge is 0.487 e. The molecular formula is C21H20ClN3O4. The molecule has 2 aromatic carbocycles. The number of carbonyl (C=O) groups is 2. The molecule has 8 heteroatoms. The molecule has 0 saturated heterocycles. The van der Waals surface area contributed by atoms with Crippen LogP contribution in [0.25, 0.3) is 0 Å². The van der Waals surface area contributed by atoms with E-state index in [1.165, 1.54) is 0 Å². The number of halogens is 1. The first-order valence-corrected chi connectivity index (χ1v) is 9.45. The maximum Gasteiger partial charge on any atom is 0.359 e. The first-order chi connectivity index (χ1) is 14.1. The van der Waals surface area contributed by atoms with E-state index in [2.05, 4.69) is 15.8 Å². The number of hydrogen-bond donors (Lipinski definition) is 2. The molecule has 1 amide bonds. The lowest BCUT2D eigenvalue weighted by atomic mass is 10.1. The van der Waals surface area contributed by atoms with Gasteiger partial charge in [-0.1, -0.05) is 35.9 Å². The summed E-state index contributed by atoms with van der Waals surface area (Å²) in [5.74, 6) is -1.05. The highest BCUT2D eigenvalue weighted by Crippen LogP contribution is 2.24. The number of carbonyl (C=O) groups excluding carboxylic acids is 2. The summed E-state index contributed by atoms with van der Waals surface area (Å²) in [6, 6.07) is 15.9. The quantitative estimate of drug-likeness (QED) is 0.407. The zero-order valence-electron chi connectivity index (χ0n) is 15.8. The first-order valence-electron chi connectivity index (χ1n) is 9.07. The van der Waals surface area contributed by atoms with Crippen molar-refractivity contribution in [3.05, 3.63) is 71.0 Å². The van der Waals surface area contributed by atoms with Crippen molar-refractivity contribution in [1.29, 1.82) is 0 Å². The molecule has 1 aliphatic rings. The molecule has 1 aliphatic heterocycles. The molecule has 7 nitrogen and oxygen atoms in total. The molecule has 0 radical (unpaired) electrons. The number of benzene rings is 2. The molecule has 150 valence electrons. The van der Waals surface area contributed by atoms with Crippen molar-refractivity contribution < 1.29 is 19.1 Å². The summed E-state index contributed by atoms with van der Waals surface area (Å²) in [5.41, 5.74) is 4.37. The van der Waals surface area contributed by atoms with Crippen LogP contribution in [0.2, 0.25) is 5.02 Å². The zero-order chi connectivity index (χ0) is 20.6. The van der Waals surface area contributed by atoms with Crippen molar-refractivity contribution in [1.82, 2.24) is 0 Å². The van der Waals surface area contributed by atoms with Crippen LogP contribution in [0, 0.1) is 0 Å². The minimum Gasteiger partial charge on any atom is -0.487 e. The summed E-state index contributed by atoms with van der Waals surface area (Å²) in [4.78, 5) is 25.2. The van der Waals surface area contributed by atoms with Crippen molar-refractivity contribution in [3.63, 3.8) is 0 Å². The van der Waals surface area contributed by atoms with E-state index in [1.807, 2.05) is 6.07 Å². The smallest absolute Gasteiger partial charge is 0.359 e. The molecule has 1 heterocycles. The number of nitrogens with zero attached hydrogens (tertiary/aromatic N) is 1. The van der Waals surface area contributed by atoms with E-state index < -0.39 is 11.9 Å². The molecule has 0 atom stereocenters. The van der Waals surface area contributed by atoms with Gasteiger partial charge >= 0.3 is 5.97 Å². The summed E-state index contributed by atoms with van der Waals surface area (Å²) in [6.45, 7) is 2.14. The Morgan fingerprint density at radius 2 is 1.90 bits per heavy atom. The van der Waals surface area contributed by atoms with Crippen LogP contribution in [0.1, 0.15) is 13.3 Å². The summed E-state index contributed by atoms with van der Waals surface area (Å²) in [7, 11) is 0. The Hall–Kier alpha value is -3.32. The third-order valence-corrected chi connectivity index (χ3v) is 4.22. The van der Waals surface area contributed by atoms with Gasteiger partial charge in [0.1, 0.15) is 0 Å². The van der Waals surface area contributed by atoms with Gasteiger partial charge in [0.25, 0.3) is 5.91 Å². The first kappa shape index (κ1) is 20.4. The number of para-hydroxylation sites is 1. The van der Waals surface area contributed by atoms with Crippen LogP contribution >= 0.6 is 11.6 Å². The molecule has 0 spiro atoms. The fraction of sp³-hybridized carbons (Fsp3) is 0.190. The Labute approximate surface area is 173 Å². The lowest BCUT2D eigenvalue weighted by Crippen LogP contribution is -2.24. The molecule has 0 aliphatic carbocycles. The standard InChI is InChI=1S/C21H20ClN3O4/c1-2-28-21(27)18(25-24-16-10-6-7-14(22)13-16)17-11-12-29-19(17)20(26)23-15-8-4-3-5-9-15/h3-10,13,24H,2,11-12H2,1H3,(H,23,26). The maximum absolute atomic E-state index is 12.7. The number of hydrogen-bond acceptors (Lipinski definition) is 6. The number of hydrazone groups is 1. The van der Waals surface area contributed by atoms with Gasteiger partial charge < -0.3 is 14.8 Å². The Morgan fingerprint density at radius 1 is 1.14 bits per heavy atom. The molecule has 3 rings (SSSR count). The van der Waals surface area contributed by atoms with Gasteiger partial charge in [-0.15, -0.1) is 0 Å². The molecule has 0 bridgehead atoms. The van der Waals surface area contributed by atoms with Crippen LogP contribution in [-0.2, 0) is 19.1 Å². The molecule has 2 N–H and O–H groups in total. The summed E-state index contributed by atoms with van der Waals surface area (Å²) < 4.78 is 10.6. The van der Waals surface area contributed by atoms with Crippen molar-refractivity contribution in [2.24, 2.45) is 5.10 Å². The number of esters is 1. The normalized spacial score (nSPS) is 13.7. The summed E-state index contributed by atoms with van der Waals surface area (Å²) in [6.07, 6.45) is 0.354. The lowest BCUT2D eigenvalue weighted by molar-refractivity contribution is -0.135. The van der Waals surface area contributed by atoms with E-state index in [0.29, 0.717) is 28.4 Å². The topological polar surface area (TPSA) is 89.0 Å². The van der Waals surface area contributed by atoms with Crippen molar-refractivity contribution in [2.45, 2.75) is 13.3 Å². The zero-order valence-corrected chi connectivity index (χ0v) is 16.5. The van der Waals surface area contributed by atoms with Gasteiger partial charge in [-0.3, -0.25) is 10.2 Å². The van der Waals surface area contributed by atoms with E-state index in [4.69, 9.17) is 21.1 Å². The average molecular weight is 414 g/mol. The van der Waals surface area contributed by atoms with Crippen molar-refractivity contribution in [3.8, 4) is 0 Å². The number of rotatable bonds is 7. The van der Waals surface area contributed by atoms with Crippen LogP contribution < -0.4 is 10.7 Å². The van der Waals surface area contributed by atoms with Gasteiger partial charge in [0.2, 0.25) is 0 Å². The van der Waals surface area contributed by atoms with Crippen molar-refractivity contribution in [2.75, 3.05) is 24.0 Å². The van der Waals surface area contributed by atoms with Gasteiger partial charge in [0.15, 0.2) is 11.5 Å². The van der Waals surface area contributed by atoms with Gasteiger partial charge in [0.05, 0.1) is 18.9 Å². The van der Waals surface area contributed by atoms with Crippen LogP contribution in [0.4, 0.5) is 11.4 Å². The highest BCUT2D eigenvalue weighted by atomic mass is 35.5. The van der Waals surface area contributed by atoms with Gasteiger partial charge in [0, 0.05) is 22.7 Å². The minimum atomic E-state index is -0.646. The Balaban J connectivity index is 1.90. The van der Waals surface area contributed by atoms with Crippen LogP contribution in [0.5, 0.6) is 0 Å². The Morgan fingerprint density at radius 3 is 2.62 bits per heavy atom. The second-order valence-corrected chi connectivity index (χ2v) is 6.47. The van der Waals surface area contributed by atoms with Crippen LogP contribution in [0.15, 0.2) is 71.0 Å². The molecule has 0 aromatic heterocycles. The molecule has 29 heavy (non-hydrogen) atoms. The molecule has 0 fully saturated rings. The number of nitrogens with one attached hydrogen (secondary N) is 2. The predicted molar refractivity (Wildman–Crippen MR) is 112 cm³/mol. The predicted octanol–water partition coefficient (Wildman–Crippen LogP) is 3.98. The minimum absolute atomic E-state index is 0.0115. The molecule has 2 aromatic rings. The fourth-order valence-corrected chi connectivity index (χ4v) is 2.90. The van der Waals surface area contributed by atoms with Gasteiger partial charge in [-0.25, -0.2) is 4.79 Å². The van der Waals surface area contributed by atoms with E-state index in [1.54, 1.807) is 55.5 Å². The average Bonchev–Trinajstić information content (AvgIpc) is 3.19. The summed E-state index contributed by atoms with van der Waals surface area (Å²) >= 11 is 5.98. The maximum atomic E-state index is 12.7. The highest BCUT2D eigenvalue weighted by Gasteiger charge is 2.31. The molecule has 0 unspecified atom stereocenters.